The minimum Gasteiger partial charge on any atom is -0.476 e. The highest BCUT2D eigenvalue weighted by atomic mass is 79.9. The molecular weight excluding hydrogens is 316 g/mol. The third-order valence-corrected chi connectivity index (χ3v) is 3.94. The van der Waals surface area contributed by atoms with Gasteiger partial charge in [0, 0.05) is 16.0 Å². The summed E-state index contributed by atoms with van der Waals surface area (Å²) in [7, 11) is 0. The van der Waals surface area contributed by atoms with Gasteiger partial charge in [-0.1, -0.05) is 28.1 Å². The predicted molar refractivity (Wildman–Crippen MR) is 73.2 cm³/mol. The molecule has 90 valence electrons. The molecule has 0 amide bonds. The lowest BCUT2D eigenvalue weighted by atomic mass is 10.2. The molecule has 0 saturated heterocycles. The summed E-state index contributed by atoms with van der Waals surface area (Å²) >= 11 is 4.82. The molecule has 1 N–H and O–H groups in total. The van der Waals surface area contributed by atoms with Gasteiger partial charge in [0.05, 0.1) is 5.69 Å². The Morgan fingerprint density at radius 1 is 1.33 bits per heavy atom. The maximum Gasteiger partial charge on any atom is 0.356 e. The largest absolute Gasteiger partial charge is 0.476 e. The zero-order chi connectivity index (χ0) is 12.7. The van der Waals surface area contributed by atoms with E-state index in [0.717, 1.165) is 15.7 Å². The SMILES string of the molecule is O=C(O)c1cn2c(-c3ccc(Br)cc3)csc2n1. The fourth-order valence-electron chi connectivity index (χ4n) is 1.72. The molecule has 0 aliphatic rings. The van der Waals surface area contributed by atoms with Crippen LogP contribution in [0.4, 0.5) is 0 Å². The van der Waals surface area contributed by atoms with Crippen molar-refractivity contribution in [2.24, 2.45) is 0 Å². The standard InChI is InChI=1S/C12H7BrN2O2S/c13-8-3-1-7(2-4-8)10-6-18-12-14-9(11(16)17)5-15(10)12/h1-6H,(H,16,17). The second-order valence-corrected chi connectivity index (χ2v) is 5.46. The predicted octanol–water partition coefficient (Wildman–Crippen LogP) is 3.52. The van der Waals surface area contributed by atoms with Crippen molar-refractivity contribution in [1.82, 2.24) is 9.38 Å². The molecule has 2 heterocycles. The average Bonchev–Trinajstić information content (AvgIpc) is 2.89. The summed E-state index contributed by atoms with van der Waals surface area (Å²) in [4.78, 5) is 15.6. The highest BCUT2D eigenvalue weighted by Crippen LogP contribution is 2.27. The summed E-state index contributed by atoms with van der Waals surface area (Å²) in [6, 6.07) is 7.86. The summed E-state index contributed by atoms with van der Waals surface area (Å²) in [5.74, 6) is -1.01. The van der Waals surface area contributed by atoms with Gasteiger partial charge in [0.15, 0.2) is 10.7 Å². The first-order valence-electron chi connectivity index (χ1n) is 5.11. The van der Waals surface area contributed by atoms with E-state index < -0.39 is 5.97 Å². The summed E-state index contributed by atoms with van der Waals surface area (Å²) in [6.45, 7) is 0. The third-order valence-electron chi connectivity index (χ3n) is 2.57. The number of nitrogens with zero attached hydrogens (tertiary/aromatic N) is 2. The molecule has 0 aliphatic carbocycles. The van der Waals surface area contributed by atoms with Crippen molar-refractivity contribution in [3.63, 3.8) is 0 Å². The monoisotopic (exact) mass is 322 g/mol. The van der Waals surface area contributed by atoms with Crippen LogP contribution >= 0.6 is 27.3 Å². The molecule has 0 aliphatic heterocycles. The van der Waals surface area contributed by atoms with E-state index in [2.05, 4.69) is 20.9 Å². The zero-order valence-electron chi connectivity index (χ0n) is 9.00. The van der Waals surface area contributed by atoms with E-state index >= 15 is 0 Å². The Hall–Kier alpha value is -1.66. The van der Waals surface area contributed by atoms with Crippen molar-refractivity contribution in [3.05, 3.63) is 46.0 Å². The van der Waals surface area contributed by atoms with Crippen molar-refractivity contribution >= 4 is 38.2 Å². The van der Waals surface area contributed by atoms with Gasteiger partial charge in [-0.25, -0.2) is 9.78 Å². The lowest BCUT2D eigenvalue weighted by molar-refractivity contribution is 0.0691. The molecule has 4 nitrogen and oxygen atoms in total. The molecule has 0 bridgehead atoms. The molecule has 1 aromatic carbocycles. The van der Waals surface area contributed by atoms with Gasteiger partial charge in [-0.2, -0.15) is 0 Å². The molecule has 0 fully saturated rings. The minimum atomic E-state index is -1.01. The molecule has 6 heteroatoms. The molecule has 3 aromatic rings. The maximum atomic E-state index is 10.9. The molecule has 0 atom stereocenters. The Morgan fingerprint density at radius 2 is 2.06 bits per heavy atom. The average molecular weight is 323 g/mol. The van der Waals surface area contributed by atoms with Crippen molar-refractivity contribution in [2.75, 3.05) is 0 Å². The Labute approximate surface area is 115 Å². The van der Waals surface area contributed by atoms with Gasteiger partial charge in [0.2, 0.25) is 0 Å². The summed E-state index contributed by atoms with van der Waals surface area (Å²) in [5.41, 5.74) is 2.04. The first-order chi connectivity index (χ1) is 8.65. The van der Waals surface area contributed by atoms with E-state index in [4.69, 9.17) is 5.11 Å². The van der Waals surface area contributed by atoms with Crippen LogP contribution in [0, 0.1) is 0 Å². The molecule has 0 unspecified atom stereocenters. The number of carboxylic acids is 1. The van der Waals surface area contributed by atoms with Crippen LogP contribution in [-0.2, 0) is 0 Å². The molecule has 3 rings (SSSR count). The number of aromatic carboxylic acids is 1. The molecule has 2 aromatic heterocycles. The van der Waals surface area contributed by atoms with Crippen molar-refractivity contribution in [1.29, 1.82) is 0 Å². The lowest BCUT2D eigenvalue weighted by Gasteiger charge is -1.99. The second kappa shape index (κ2) is 4.22. The van der Waals surface area contributed by atoms with Crippen LogP contribution in [0.1, 0.15) is 10.5 Å². The number of thiazole rings is 1. The topological polar surface area (TPSA) is 54.6 Å². The van der Waals surface area contributed by atoms with Gasteiger partial charge in [0.1, 0.15) is 0 Å². The normalized spacial score (nSPS) is 10.9. The Bertz CT molecular complexity index is 730. The minimum absolute atomic E-state index is 0.0696. The van der Waals surface area contributed by atoms with E-state index in [-0.39, 0.29) is 5.69 Å². The van der Waals surface area contributed by atoms with E-state index in [1.165, 1.54) is 11.3 Å². The first kappa shape index (κ1) is 11.4. The lowest BCUT2D eigenvalue weighted by Crippen LogP contribution is -1.95. The van der Waals surface area contributed by atoms with E-state index in [1.807, 2.05) is 29.6 Å². The highest BCUT2D eigenvalue weighted by molar-refractivity contribution is 9.10. The number of halogens is 1. The van der Waals surface area contributed by atoms with Gasteiger partial charge in [0.25, 0.3) is 0 Å². The summed E-state index contributed by atoms with van der Waals surface area (Å²) < 4.78 is 2.81. The number of carboxylic acid groups (broad SMARTS) is 1. The van der Waals surface area contributed by atoms with Gasteiger partial charge < -0.3 is 5.11 Å². The third kappa shape index (κ3) is 1.83. The number of fused-ring (bicyclic) bond motifs is 1. The van der Waals surface area contributed by atoms with Crippen molar-refractivity contribution in [3.8, 4) is 11.3 Å². The van der Waals surface area contributed by atoms with Crippen LogP contribution < -0.4 is 0 Å². The van der Waals surface area contributed by atoms with Crippen LogP contribution in [0.3, 0.4) is 0 Å². The Balaban J connectivity index is 2.17. The number of rotatable bonds is 2. The number of aromatic nitrogens is 2. The first-order valence-corrected chi connectivity index (χ1v) is 6.78. The Kier molecular flexibility index (Phi) is 2.68. The van der Waals surface area contributed by atoms with E-state index in [0.29, 0.717) is 4.96 Å². The van der Waals surface area contributed by atoms with Crippen LogP contribution in [0.5, 0.6) is 0 Å². The van der Waals surface area contributed by atoms with Crippen LogP contribution in [0.2, 0.25) is 0 Å². The maximum absolute atomic E-state index is 10.9. The van der Waals surface area contributed by atoms with Gasteiger partial charge >= 0.3 is 5.97 Å². The number of hydrogen-bond acceptors (Lipinski definition) is 3. The molecular formula is C12H7BrN2O2S. The van der Waals surface area contributed by atoms with Crippen molar-refractivity contribution < 1.29 is 9.90 Å². The van der Waals surface area contributed by atoms with E-state index in [1.54, 1.807) is 10.6 Å². The summed E-state index contributed by atoms with van der Waals surface area (Å²) in [5, 5.41) is 10.9. The molecule has 0 saturated carbocycles. The molecule has 0 radical (unpaired) electrons. The van der Waals surface area contributed by atoms with Gasteiger partial charge in [-0.3, -0.25) is 4.40 Å². The zero-order valence-corrected chi connectivity index (χ0v) is 11.4. The fraction of sp³-hybridized carbons (Fsp3) is 0. The van der Waals surface area contributed by atoms with Gasteiger partial charge in [-0.15, -0.1) is 11.3 Å². The number of hydrogen-bond donors (Lipinski definition) is 1. The number of carbonyl (C=O) groups is 1. The van der Waals surface area contributed by atoms with Gasteiger partial charge in [-0.05, 0) is 17.7 Å². The molecule has 0 spiro atoms. The smallest absolute Gasteiger partial charge is 0.356 e. The molecule has 18 heavy (non-hydrogen) atoms. The quantitative estimate of drug-likeness (QED) is 0.785. The fourth-order valence-corrected chi connectivity index (χ4v) is 2.86. The second-order valence-electron chi connectivity index (χ2n) is 3.71. The Morgan fingerprint density at radius 3 is 2.72 bits per heavy atom. The number of imidazole rings is 1. The highest BCUT2D eigenvalue weighted by Gasteiger charge is 2.13. The van der Waals surface area contributed by atoms with Crippen LogP contribution in [0.25, 0.3) is 16.2 Å². The van der Waals surface area contributed by atoms with Crippen molar-refractivity contribution in [2.45, 2.75) is 0 Å². The van der Waals surface area contributed by atoms with E-state index in [9.17, 15) is 4.79 Å². The number of benzene rings is 1. The van der Waals surface area contributed by atoms with Crippen LogP contribution in [-0.4, -0.2) is 20.5 Å². The summed E-state index contributed by atoms with van der Waals surface area (Å²) in [6.07, 6.45) is 1.55. The van der Waals surface area contributed by atoms with Crippen LogP contribution in [0.15, 0.2) is 40.3 Å².